The van der Waals surface area contributed by atoms with Crippen molar-refractivity contribution >= 4 is 46.3 Å². The lowest BCUT2D eigenvalue weighted by Crippen LogP contribution is -2.27. The van der Waals surface area contributed by atoms with Crippen LogP contribution >= 0.6 is 23.4 Å². The van der Waals surface area contributed by atoms with Gasteiger partial charge in [-0.25, -0.2) is 0 Å². The molecule has 0 aliphatic carbocycles. The molecule has 0 radical (unpaired) electrons. The highest BCUT2D eigenvalue weighted by Gasteiger charge is 2.36. The van der Waals surface area contributed by atoms with Crippen molar-refractivity contribution in [1.29, 1.82) is 0 Å². The van der Waals surface area contributed by atoms with Gasteiger partial charge in [0, 0.05) is 17.2 Å². The van der Waals surface area contributed by atoms with Crippen molar-refractivity contribution in [3.05, 3.63) is 91.3 Å². The molecule has 0 bridgehead atoms. The van der Waals surface area contributed by atoms with Gasteiger partial charge in [-0.05, 0) is 60.2 Å². The molecular formula is C27H21ClN2O8S. The number of imide groups is 1. The number of amides is 2. The van der Waals surface area contributed by atoms with Gasteiger partial charge in [0.25, 0.3) is 16.8 Å². The lowest BCUT2D eigenvalue weighted by Gasteiger charge is -2.14. The number of thioether (sulfide) groups is 1. The smallest absolute Gasteiger partial charge is 0.293 e. The van der Waals surface area contributed by atoms with E-state index in [1.54, 1.807) is 54.6 Å². The Kier molecular flexibility index (Phi) is 7.62. The number of fused-ring (bicyclic) bond motifs is 1. The van der Waals surface area contributed by atoms with Crippen molar-refractivity contribution in [2.75, 3.05) is 13.4 Å². The van der Waals surface area contributed by atoms with Crippen LogP contribution in [-0.4, -0.2) is 34.4 Å². The van der Waals surface area contributed by atoms with Crippen LogP contribution in [0, 0.1) is 10.1 Å². The Hall–Kier alpha value is -4.22. The third-order valence-corrected chi connectivity index (χ3v) is 7.14. The molecule has 2 aliphatic heterocycles. The highest BCUT2D eigenvalue weighted by atomic mass is 35.5. The van der Waals surface area contributed by atoms with Crippen molar-refractivity contribution < 1.29 is 33.5 Å². The van der Waals surface area contributed by atoms with Crippen molar-refractivity contribution in [1.82, 2.24) is 4.90 Å². The maximum atomic E-state index is 13.1. The summed E-state index contributed by atoms with van der Waals surface area (Å²) in [6, 6.07) is 14.6. The number of hydrogen-bond acceptors (Lipinski definition) is 9. The Bertz CT molecular complexity index is 1510. The molecule has 0 unspecified atom stereocenters. The SMILES string of the molecule is CCOc1cc(/C=C2\SC(=O)N(Cc3cc4c(cc3Cl)OCO4)C2=O)ccc1OCc1ccccc1[N+](=O)[O-]. The second kappa shape index (κ2) is 11.3. The van der Waals surface area contributed by atoms with Crippen LogP contribution in [0.2, 0.25) is 5.02 Å². The van der Waals surface area contributed by atoms with E-state index < -0.39 is 16.1 Å². The van der Waals surface area contributed by atoms with Crippen molar-refractivity contribution in [3.63, 3.8) is 0 Å². The average Bonchev–Trinajstić information content (AvgIpc) is 3.47. The van der Waals surface area contributed by atoms with E-state index in [1.165, 1.54) is 6.07 Å². The maximum Gasteiger partial charge on any atom is 0.293 e. The summed E-state index contributed by atoms with van der Waals surface area (Å²) in [5, 5.41) is 11.2. The minimum absolute atomic E-state index is 0.0138. The van der Waals surface area contributed by atoms with Gasteiger partial charge in [0.2, 0.25) is 6.79 Å². The molecule has 0 atom stereocenters. The monoisotopic (exact) mass is 568 g/mol. The molecule has 39 heavy (non-hydrogen) atoms. The second-order valence-electron chi connectivity index (χ2n) is 8.38. The van der Waals surface area contributed by atoms with E-state index in [2.05, 4.69) is 0 Å². The second-order valence-corrected chi connectivity index (χ2v) is 9.78. The molecule has 0 saturated carbocycles. The molecule has 200 valence electrons. The van der Waals surface area contributed by atoms with E-state index in [4.69, 9.17) is 30.5 Å². The van der Waals surface area contributed by atoms with Crippen LogP contribution in [0.15, 0.2) is 59.5 Å². The standard InChI is InChI=1S/C27H21ClN2O8S/c1-2-35-22-9-16(7-8-21(22)36-14-17-5-3-4-6-20(17)30(33)34)10-25-26(31)29(27(32)39-25)13-18-11-23-24(12-19(18)28)38-15-37-23/h3-12H,2,13-15H2,1H3/b25-10-. The van der Waals surface area contributed by atoms with Crippen molar-refractivity contribution in [3.8, 4) is 23.0 Å². The first kappa shape index (κ1) is 26.4. The number of rotatable bonds is 9. The number of hydrogen-bond donors (Lipinski definition) is 0. The van der Waals surface area contributed by atoms with Crippen LogP contribution in [0.4, 0.5) is 10.5 Å². The molecule has 3 aromatic rings. The molecule has 1 fully saturated rings. The highest BCUT2D eigenvalue weighted by molar-refractivity contribution is 8.18. The third kappa shape index (κ3) is 5.64. The minimum Gasteiger partial charge on any atom is -0.490 e. The van der Waals surface area contributed by atoms with Crippen LogP contribution < -0.4 is 18.9 Å². The minimum atomic E-state index is -0.460. The Labute approximate surface area is 232 Å². The Balaban J connectivity index is 1.33. The van der Waals surface area contributed by atoms with Crippen LogP contribution in [0.25, 0.3) is 6.08 Å². The fraction of sp³-hybridized carbons (Fsp3) is 0.185. The molecule has 12 heteroatoms. The van der Waals surface area contributed by atoms with Gasteiger partial charge in [-0.2, -0.15) is 0 Å². The Morgan fingerprint density at radius 1 is 1.05 bits per heavy atom. The summed E-state index contributed by atoms with van der Waals surface area (Å²) in [7, 11) is 0. The predicted molar refractivity (Wildman–Crippen MR) is 144 cm³/mol. The molecule has 5 rings (SSSR count). The number of ether oxygens (including phenoxy) is 4. The molecule has 2 amide bonds. The molecule has 2 heterocycles. The topological polar surface area (TPSA) is 117 Å². The van der Waals surface area contributed by atoms with E-state index in [9.17, 15) is 19.7 Å². The van der Waals surface area contributed by atoms with Crippen LogP contribution in [0.5, 0.6) is 23.0 Å². The number of carbonyl (C=O) groups is 2. The molecular weight excluding hydrogens is 548 g/mol. The van der Waals surface area contributed by atoms with E-state index >= 15 is 0 Å². The summed E-state index contributed by atoms with van der Waals surface area (Å²) in [6.45, 7) is 2.19. The number of halogens is 1. The number of carbonyl (C=O) groups excluding carboxylic acids is 2. The number of nitro benzene ring substituents is 1. The molecule has 2 aliphatic rings. The molecule has 1 saturated heterocycles. The maximum absolute atomic E-state index is 13.1. The first-order valence-electron chi connectivity index (χ1n) is 11.8. The lowest BCUT2D eigenvalue weighted by molar-refractivity contribution is -0.385. The molecule has 0 N–H and O–H groups in total. The van der Waals surface area contributed by atoms with Gasteiger partial charge in [-0.15, -0.1) is 0 Å². The molecule has 3 aromatic carbocycles. The van der Waals surface area contributed by atoms with Crippen LogP contribution in [0.3, 0.4) is 0 Å². The van der Waals surface area contributed by atoms with E-state index in [1.807, 2.05) is 6.92 Å². The molecule has 0 spiro atoms. The van der Waals surface area contributed by atoms with Gasteiger partial charge in [-0.1, -0.05) is 29.8 Å². The van der Waals surface area contributed by atoms with Crippen LogP contribution in [-0.2, 0) is 17.9 Å². The first-order valence-corrected chi connectivity index (χ1v) is 13.0. The van der Waals surface area contributed by atoms with Crippen LogP contribution in [0.1, 0.15) is 23.6 Å². The average molecular weight is 569 g/mol. The third-order valence-electron chi connectivity index (χ3n) is 5.88. The summed E-state index contributed by atoms with van der Waals surface area (Å²) in [5.74, 6) is 1.35. The number of benzene rings is 3. The summed E-state index contributed by atoms with van der Waals surface area (Å²) in [6.07, 6.45) is 1.60. The van der Waals surface area contributed by atoms with Gasteiger partial charge < -0.3 is 18.9 Å². The normalized spacial score (nSPS) is 15.2. The Morgan fingerprint density at radius 2 is 1.82 bits per heavy atom. The van der Waals surface area contributed by atoms with Gasteiger partial charge in [0.1, 0.15) is 6.61 Å². The van der Waals surface area contributed by atoms with Gasteiger partial charge in [-0.3, -0.25) is 24.6 Å². The zero-order chi connectivity index (χ0) is 27.5. The highest BCUT2D eigenvalue weighted by Crippen LogP contribution is 2.40. The Morgan fingerprint density at radius 3 is 2.59 bits per heavy atom. The zero-order valence-electron chi connectivity index (χ0n) is 20.5. The first-order chi connectivity index (χ1) is 18.8. The summed E-state index contributed by atoms with van der Waals surface area (Å²) in [4.78, 5) is 38.0. The number of para-hydroxylation sites is 1. The number of nitro groups is 1. The zero-order valence-corrected chi connectivity index (χ0v) is 22.1. The van der Waals surface area contributed by atoms with Crippen molar-refractivity contribution in [2.24, 2.45) is 0 Å². The molecule has 0 aromatic heterocycles. The fourth-order valence-electron chi connectivity index (χ4n) is 4.01. The predicted octanol–water partition coefficient (Wildman–Crippen LogP) is 6.19. The summed E-state index contributed by atoms with van der Waals surface area (Å²) in [5.41, 5.74) is 1.56. The van der Waals surface area contributed by atoms with E-state index in [-0.39, 0.29) is 30.5 Å². The number of nitrogens with zero attached hydrogens (tertiary/aromatic N) is 2. The van der Waals surface area contributed by atoms with E-state index in [0.717, 1.165) is 16.7 Å². The van der Waals surface area contributed by atoms with Crippen molar-refractivity contribution in [2.45, 2.75) is 20.1 Å². The van der Waals surface area contributed by atoms with Gasteiger partial charge in [0.15, 0.2) is 23.0 Å². The summed E-state index contributed by atoms with van der Waals surface area (Å²) >= 11 is 7.16. The lowest BCUT2D eigenvalue weighted by atomic mass is 10.1. The fourth-order valence-corrected chi connectivity index (χ4v) is 5.06. The van der Waals surface area contributed by atoms with Gasteiger partial charge >= 0.3 is 0 Å². The molecule has 10 nitrogen and oxygen atoms in total. The van der Waals surface area contributed by atoms with E-state index in [0.29, 0.717) is 51.3 Å². The summed E-state index contributed by atoms with van der Waals surface area (Å²) < 4.78 is 22.2. The quantitative estimate of drug-likeness (QED) is 0.169. The van der Waals surface area contributed by atoms with Gasteiger partial charge in [0.05, 0.1) is 28.5 Å². The largest absolute Gasteiger partial charge is 0.490 e.